The molecule has 2 aromatic rings. The summed E-state index contributed by atoms with van der Waals surface area (Å²) in [7, 11) is -2.75. The number of esters is 1. The van der Waals surface area contributed by atoms with Crippen molar-refractivity contribution in [3.8, 4) is 0 Å². The number of hydrogen-bond acceptors (Lipinski definition) is 4. The zero-order chi connectivity index (χ0) is 21.6. The Bertz CT molecular complexity index is 895. The number of benzene rings is 2. The van der Waals surface area contributed by atoms with E-state index in [2.05, 4.69) is 69.3 Å². The largest absolute Gasteiger partial charge is 0.465 e. The van der Waals surface area contributed by atoms with Crippen LogP contribution in [-0.2, 0) is 18.8 Å². The molecule has 5 heteroatoms. The molecule has 158 valence electrons. The fraction of sp³-hybridized carbons (Fsp3) is 0.440. The van der Waals surface area contributed by atoms with Crippen molar-refractivity contribution < 1.29 is 18.8 Å². The SMILES string of the molecule is CCOC(=O)C12CC1C(O[Si](c1ccccc1)(c1ccccc1)C(C)(C)C)CC2=O. The van der Waals surface area contributed by atoms with Gasteiger partial charge < -0.3 is 9.16 Å². The minimum atomic E-state index is -2.75. The average molecular weight is 423 g/mol. The average Bonchev–Trinajstić information content (AvgIpc) is 3.43. The van der Waals surface area contributed by atoms with E-state index < -0.39 is 13.7 Å². The fourth-order valence-electron chi connectivity index (χ4n) is 5.22. The minimum Gasteiger partial charge on any atom is -0.465 e. The normalized spacial score (nSPS) is 25.7. The zero-order valence-electron chi connectivity index (χ0n) is 18.2. The van der Waals surface area contributed by atoms with Crippen LogP contribution in [0.3, 0.4) is 0 Å². The maximum atomic E-state index is 12.9. The van der Waals surface area contributed by atoms with E-state index in [0.29, 0.717) is 13.0 Å². The molecule has 0 saturated heterocycles. The number of ketones is 1. The van der Waals surface area contributed by atoms with Gasteiger partial charge in [0.15, 0.2) is 5.78 Å². The molecule has 4 rings (SSSR count). The van der Waals surface area contributed by atoms with Crippen molar-refractivity contribution in [1.29, 1.82) is 0 Å². The van der Waals surface area contributed by atoms with Crippen LogP contribution >= 0.6 is 0 Å². The van der Waals surface area contributed by atoms with Crippen molar-refractivity contribution in [3.63, 3.8) is 0 Å². The molecule has 30 heavy (non-hydrogen) atoms. The lowest BCUT2D eigenvalue weighted by Crippen LogP contribution is -2.67. The number of Topliss-reactive ketones (excluding diaryl/α,β-unsaturated/α-hetero) is 1. The summed E-state index contributed by atoms with van der Waals surface area (Å²) in [6, 6.07) is 20.8. The van der Waals surface area contributed by atoms with Crippen molar-refractivity contribution >= 4 is 30.4 Å². The molecule has 0 spiro atoms. The Labute approximate surface area is 179 Å². The molecule has 2 aliphatic rings. The Balaban J connectivity index is 1.78. The number of ether oxygens (including phenoxy) is 1. The molecule has 0 N–H and O–H groups in total. The smallest absolute Gasteiger partial charge is 0.320 e. The Morgan fingerprint density at radius 1 is 1.03 bits per heavy atom. The second-order valence-corrected chi connectivity index (χ2v) is 13.7. The number of fused-ring (bicyclic) bond motifs is 1. The first-order valence-corrected chi connectivity index (χ1v) is 12.7. The van der Waals surface area contributed by atoms with Crippen molar-refractivity contribution in [2.24, 2.45) is 11.3 Å². The van der Waals surface area contributed by atoms with Gasteiger partial charge in [0.1, 0.15) is 5.41 Å². The number of carbonyl (C=O) groups is 2. The van der Waals surface area contributed by atoms with Crippen LogP contribution in [0.25, 0.3) is 0 Å². The lowest BCUT2D eigenvalue weighted by Gasteiger charge is -2.44. The first-order chi connectivity index (χ1) is 14.3. The highest BCUT2D eigenvalue weighted by Gasteiger charge is 2.74. The van der Waals surface area contributed by atoms with Gasteiger partial charge in [0, 0.05) is 12.3 Å². The van der Waals surface area contributed by atoms with E-state index in [1.807, 2.05) is 12.1 Å². The molecule has 0 heterocycles. The molecule has 4 nitrogen and oxygen atoms in total. The van der Waals surface area contributed by atoms with Gasteiger partial charge in [0.05, 0.1) is 12.7 Å². The molecule has 0 aromatic heterocycles. The van der Waals surface area contributed by atoms with Crippen molar-refractivity contribution in [2.45, 2.75) is 51.7 Å². The Morgan fingerprint density at radius 3 is 2.00 bits per heavy atom. The topological polar surface area (TPSA) is 52.6 Å². The van der Waals surface area contributed by atoms with Gasteiger partial charge in [0.25, 0.3) is 8.32 Å². The molecule has 0 radical (unpaired) electrons. The van der Waals surface area contributed by atoms with E-state index in [4.69, 9.17) is 9.16 Å². The zero-order valence-corrected chi connectivity index (χ0v) is 19.2. The molecule has 2 aliphatic carbocycles. The summed E-state index contributed by atoms with van der Waals surface area (Å²) >= 11 is 0. The van der Waals surface area contributed by atoms with Gasteiger partial charge in [0.2, 0.25) is 0 Å². The third-order valence-corrected chi connectivity index (χ3v) is 11.8. The van der Waals surface area contributed by atoms with E-state index in [-0.39, 0.29) is 35.2 Å². The summed E-state index contributed by atoms with van der Waals surface area (Å²) in [5.74, 6) is -0.465. The molecule has 2 saturated carbocycles. The molecular formula is C25H30O4Si. The minimum absolute atomic E-state index is 0.0196. The Hall–Kier alpha value is -2.24. The quantitative estimate of drug-likeness (QED) is 0.406. The molecule has 0 amide bonds. The van der Waals surface area contributed by atoms with Crippen LogP contribution in [0.5, 0.6) is 0 Å². The summed E-state index contributed by atoms with van der Waals surface area (Å²) in [6.07, 6.45) is 0.579. The molecule has 0 aliphatic heterocycles. The predicted octanol–water partition coefficient (Wildman–Crippen LogP) is 3.47. The monoisotopic (exact) mass is 422 g/mol. The summed E-state index contributed by atoms with van der Waals surface area (Å²) < 4.78 is 12.4. The third-order valence-electron chi connectivity index (χ3n) is 6.73. The second-order valence-electron chi connectivity index (χ2n) is 9.45. The van der Waals surface area contributed by atoms with Crippen LogP contribution in [0, 0.1) is 11.3 Å². The lowest BCUT2D eigenvalue weighted by atomic mass is 10.0. The summed E-state index contributed by atoms with van der Waals surface area (Å²) in [5, 5.41) is 2.21. The van der Waals surface area contributed by atoms with Crippen molar-refractivity contribution in [1.82, 2.24) is 0 Å². The number of hydrogen-bond donors (Lipinski definition) is 0. The van der Waals surface area contributed by atoms with Crippen LogP contribution in [0.4, 0.5) is 0 Å². The Kier molecular flexibility index (Phi) is 5.23. The van der Waals surface area contributed by atoms with Crippen molar-refractivity contribution in [3.05, 3.63) is 60.7 Å². The molecule has 3 atom stereocenters. The van der Waals surface area contributed by atoms with Gasteiger partial charge in [-0.15, -0.1) is 0 Å². The van der Waals surface area contributed by atoms with E-state index in [0.717, 1.165) is 0 Å². The van der Waals surface area contributed by atoms with Crippen LogP contribution < -0.4 is 10.4 Å². The third kappa shape index (κ3) is 3.07. The fourth-order valence-corrected chi connectivity index (χ4v) is 9.93. The van der Waals surface area contributed by atoms with Gasteiger partial charge in [-0.1, -0.05) is 81.4 Å². The summed E-state index contributed by atoms with van der Waals surface area (Å²) in [4.78, 5) is 25.5. The molecule has 2 aromatic carbocycles. The van der Waals surface area contributed by atoms with Gasteiger partial charge in [-0.05, 0) is 28.8 Å². The maximum Gasteiger partial charge on any atom is 0.320 e. The maximum absolute atomic E-state index is 12.9. The van der Waals surface area contributed by atoms with Crippen LogP contribution in [0.15, 0.2) is 60.7 Å². The van der Waals surface area contributed by atoms with E-state index in [1.54, 1.807) is 6.92 Å². The molecule has 0 bridgehead atoms. The van der Waals surface area contributed by atoms with Gasteiger partial charge in [-0.2, -0.15) is 0 Å². The van der Waals surface area contributed by atoms with E-state index in [9.17, 15) is 9.59 Å². The van der Waals surface area contributed by atoms with Crippen molar-refractivity contribution in [2.75, 3.05) is 6.61 Å². The highest BCUT2D eigenvalue weighted by atomic mass is 28.4. The molecule has 3 unspecified atom stereocenters. The summed E-state index contributed by atoms with van der Waals surface area (Å²) in [5.41, 5.74) is -0.966. The van der Waals surface area contributed by atoms with Crippen LogP contribution in [0.2, 0.25) is 5.04 Å². The number of carbonyl (C=O) groups excluding carboxylic acids is 2. The first kappa shape index (κ1) is 21.0. The summed E-state index contributed by atoms with van der Waals surface area (Å²) in [6.45, 7) is 8.74. The Morgan fingerprint density at radius 2 is 1.57 bits per heavy atom. The van der Waals surface area contributed by atoms with Gasteiger partial charge >= 0.3 is 5.97 Å². The first-order valence-electron chi connectivity index (χ1n) is 10.8. The van der Waals surface area contributed by atoms with Crippen LogP contribution in [-0.4, -0.2) is 32.8 Å². The standard InChI is InChI=1S/C25H30O4Si/c1-5-28-23(27)25-17-20(25)21(16-22(25)26)29-30(24(2,3)4,18-12-8-6-9-13-18)19-14-10-7-11-15-19/h6-15,20-21H,5,16-17H2,1-4H3. The molecular weight excluding hydrogens is 392 g/mol. The molecule has 2 fully saturated rings. The van der Waals surface area contributed by atoms with E-state index >= 15 is 0 Å². The van der Waals surface area contributed by atoms with Crippen LogP contribution in [0.1, 0.15) is 40.5 Å². The number of rotatable bonds is 6. The lowest BCUT2D eigenvalue weighted by molar-refractivity contribution is -0.153. The van der Waals surface area contributed by atoms with Gasteiger partial charge in [-0.25, -0.2) is 0 Å². The highest BCUT2D eigenvalue weighted by molar-refractivity contribution is 6.99. The highest BCUT2D eigenvalue weighted by Crippen LogP contribution is 2.63. The second kappa shape index (κ2) is 7.47. The van der Waals surface area contributed by atoms with Gasteiger partial charge in [-0.3, -0.25) is 9.59 Å². The van der Waals surface area contributed by atoms with E-state index in [1.165, 1.54) is 10.4 Å². The predicted molar refractivity (Wildman–Crippen MR) is 119 cm³/mol.